The van der Waals surface area contributed by atoms with Crippen LogP contribution >= 0.6 is 19.4 Å². The molecule has 0 radical (unpaired) electrons. The number of hydrogen-bond donors (Lipinski definition) is 3. The zero-order chi connectivity index (χ0) is 29.2. The first-order chi connectivity index (χ1) is 19.9. The molecule has 4 nitrogen and oxygen atoms in total. The number of nitrogens with two attached hydrogens (primary N) is 1. The van der Waals surface area contributed by atoms with Gasteiger partial charge in [0.05, 0.1) is 6.04 Å². The molecule has 2 atom stereocenters. The molecule has 2 unspecified atom stereocenters. The first-order valence-electron chi connectivity index (χ1n) is 14.2. The van der Waals surface area contributed by atoms with E-state index < -0.39 is 15.1 Å². The molecule has 0 amide bonds. The summed E-state index contributed by atoms with van der Waals surface area (Å²) in [5.41, 5.74) is 14.2. The second-order valence-corrected chi connectivity index (χ2v) is 15.2. The van der Waals surface area contributed by atoms with Crippen LogP contribution in [0.15, 0.2) is 91.0 Å². The zero-order valence-corrected chi connectivity index (χ0v) is 28.3. The molecule has 0 aromatic heterocycles. The van der Waals surface area contributed by atoms with Gasteiger partial charge in [-0.15, -0.1) is 0 Å². The Kier molecular flexibility index (Phi) is 15.4. The van der Waals surface area contributed by atoms with Crippen molar-refractivity contribution in [2.45, 2.75) is 72.8 Å². The molecule has 3 aliphatic rings. The van der Waals surface area contributed by atoms with Gasteiger partial charge in [0, 0.05) is 29.3 Å². The van der Waals surface area contributed by atoms with E-state index in [-0.39, 0.29) is 14.9 Å². The number of hydrazine groups is 1. The maximum absolute atomic E-state index is 11.3. The van der Waals surface area contributed by atoms with Crippen molar-refractivity contribution in [1.29, 1.82) is 0 Å². The molecule has 0 spiro atoms. The molecule has 226 valence electrons. The molecule has 0 bridgehead atoms. The second-order valence-electron chi connectivity index (χ2n) is 10.6. The van der Waals surface area contributed by atoms with Crippen LogP contribution in [0.1, 0.15) is 89.8 Å². The van der Waals surface area contributed by atoms with Crippen molar-refractivity contribution in [2.75, 3.05) is 10.7 Å². The van der Waals surface area contributed by atoms with Gasteiger partial charge >= 0.3 is 34.5 Å². The summed E-state index contributed by atoms with van der Waals surface area (Å²) in [5, 5.41) is 3.72. The van der Waals surface area contributed by atoms with E-state index in [1.165, 1.54) is 51.9 Å². The number of hydrogen-bond acceptors (Lipinski definition) is 4. The number of halogens is 2. The Morgan fingerprint density at radius 2 is 1.42 bits per heavy atom. The minimum atomic E-state index is -0.931. The molecule has 2 aliphatic carbocycles. The van der Waals surface area contributed by atoms with Gasteiger partial charge in [0.15, 0.2) is 5.78 Å². The summed E-state index contributed by atoms with van der Waals surface area (Å²) in [6, 6.07) is 32.0. The number of aryl methyl sites for hydroxylation is 4. The SMILES string of the molecule is C.C.Cc1ccc(NN)cc1.Cc1ccc2c(c1)C1CCc3ccccc3C1N2.O=C1CCCc2ccccc21.[Cl][Zn][Cl]. The van der Waals surface area contributed by atoms with E-state index >= 15 is 0 Å². The van der Waals surface area contributed by atoms with Gasteiger partial charge < -0.3 is 10.7 Å². The van der Waals surface area contributed by atoms with Crippen molar-refractivity contribution in [3.63, 3.8) is 0 Å². The number of Topliss-reactive ketones (excluding diaryl/α,β-unsaturated/α-hetero) is 1. The van der Waals surface area contributed by atoms with Crippen molar-refractivity contribution in [1.82, 2.24) is 0 Å². The van der Waals surface area contributed by atoms with E-state index in [1.54, 1.807) is 0 Å². The van der Waals surface area contributed by atoms with E-state index in [9.17, 15) is 4.79 Å². The summed E-state index contributed by atoms with van der Waals surface area (Å²) in [6.07, 6.45) is 5.31. The fraction of sp³-hybridized carbons (Fsp3) is 0.306. The Morgan fingerprint density at radius 1 is 0.791 bits per heavy atom. The topological polar surface area (TPSA) is 67.2 Å². The molecule has 0 fully saturated rings. The first-order valence-corrected chi connectivity index (χ1v) is 22.0. The summed E-state index contributed by atoms with van der Waals surface area (Å²) >= 11 is -0.931. The predicted molar refractivity (Wildman–Crippen MR) is 183 cm³/mol. The number of benzene rings is 4. The number of ketones is 1. The quantitative estimate of drug-likeness (QED) is 0.107. The van der Waals surface area contributed by atoms with Gasteiger partial charge in [0.1, 0.15) is 0 Å². The van der Waals surface area contributed by atoms with E-state index in [0.29, 0.717) is 17.7 Å². The molecular weight excluding hydrogens is 627 g/mol. The average molecular weight is 672 g/mol. The Morgan fingerprint density at radius 3 is 2.09 bits per heavy atom. The van der Waals surface area contributed by atoms with Crippen LogP contribution in [-0.2, 0) is 28.0 Å². The van der Waals surface area contributed by atoms with Crippen LogP contribution in [-0.4, -0.2) is 5.78 Å². The van der Waals surface area contributed by atoms with Crippen molar-refractivity contribution in [3.05, 3.63) is 130 Å². The normalized spacial score (nSPS) is 16.3. The van der Waals surface area contributed by atoms with Crippen LogP contribution < -0.4 is 16.6 Å². The molecule has 7 rings (SSSR count). The molecule has 0 saturated heterocycles. The fourth-order valence-electron chi connectivity index (χ4n) is 5.80. The number of carbonyl (C=O) groups is 1. The monoisotopic (exact) mass is 669 g/mol. The minimum absolute atomic E-state index is 0. The number of fused-ring (bicyclic) bond motifs is 6. The molecule has 7 heteroatoms. The van der Waals surface area contributed by atoms with Crippen LogP contribution in [0.5, 0.6) is 0 Å². The van der Waals surface area contributed by atoms with Gasteiger partial charge in [0.2, 0.25) is 0 Å². The molecule has 4 aromatic carbocycles. The van der Waals surface area contributed by atoms with Gasteiger partial charge in [-0.3, -0.25) is 10.6 Å². The van der Waals surface area contributed by atoms with Crippen molar-refractivity contribution >= 4 is 36.5 Å². The number of nitrogen functional groups attached to an aromatic ring is 1. The predicted octanol–water partition coefficient (Wildman–Crippen LogP) is 10.3. The van der Waals surface area contributed by atoms with Crippen molar-refractivity contribution in [3.8, 4) is 0 Å². The summed E-state index contributed by atoms with van der Waals surface area (Å²) in [7, 11) is 9.90. The van der Waals surface area contributed by atoms with Gasteiger partial charge in [-0.05, 0) is 80.0 Å². The molecule has 1 aliphatic heterocycles. The van der Waals surface area contributed by atoms with Crippen LogP contribution in [0.25, 0.3) is 0 Å². The Labute approximate surface area is 274 Å². The standard InChI is InChI=1S/C17H17N.C10H10O.C7H10N2.2CH4.2ClH.Zn/c1-11-6-9-16-15(10-11)14-8-7-12-4-2-3-5-13(12)17(14)18-16;11-10-7-3-5-8-4-1-2-6-9(8)10;1-6-2-4-7(9-8)5-3-6;;;;;/h2-6,9-10,14,17-18H,7-8H2,1H3;1-2,4,6H,3,5,7H2;2-5,9H,8H2,1H3;2*1H4;2*1H;/q;;;;;;;+2/p-2. The Hall–Kier alpha value is -2.69. The summed E-state index contributed by atoms with van der Waals surface area (Å²) in [6.45, 7) is 4.23. The third-order valence-electron chi connectivity index (χ3n) is 7.82. The number of rotatable bonds is 1. The van der Waals surface area contributed by atoms with Crippen LogP contribution in [0, 0.1) is 13.8 Å². The molecule has 43 heavy (non-hydrogen) atoms. The molecule has 4 aromatic rings. The van der Waals surface area contributed by atoms with E-state index in [4.69, 9.17) is 25.2 Å². The molecule has 1 heterocycles. The zero-order valence-electron chi connectivity index (χ0n) is 23.8. The molecule has 0 saturated carbocycles. The maximum atomic E-state index is 11.3. The van der Waals surface area contributed by atoms with E-state index in [2.05, 4.69) is 60.1 Å². The van der Waals surface area contributed by atoms with Crippen LogP contribution in [0.2, 0.25) is 0 Å². The molecular formula is C36H45Cl2N3OZn. The third kappa shape index (κ3) is 9.65. The van der Waals surface area contributed by atoms with Gasteiger partial charge in [-0.25, -0.2) is 0 Å². The summed E-state index contributed by atoms with van der Waals surface area (Å²) < 4.78 is 0. The fourth-order valence-corrected chi connectivity index (χ4v) is 5.80. The first kappa shape index (κ1) is 36.5. The summed E-state index contributed by atoms with van der Waals surface area (Å²) in [4.78, 5) is 11.3. The average Bonchev–Trinajstić information content (AvgIpc) is 3.37. The number of anilines is 2. The van der Waals surface area contributed by atoms with Crippen LogP contribution in [0.4, 0.5) is 11.4 Å². The third-order valence-corrected chi connectivity index (χ3v) is 7.82. The van der Waals surface area contributed by atoms with Crippen LogP contribution in [0.3, 0.4) is 0 Å². The van der Waals surface area contributed by atoms with E-state index in [1.807, 2.05) is 55.5 Å². The second kappa shape index (κ2) is 18.2. The molecule has 4 N–H and O–H groups in total. The van der Waals surface area contributed by atoms with E-state index in [0.717, 1.165) is 30.5 Å². The van der Waals surface area contributed by atoms with Gasteiger partial charge in [-0.2, -0.15) is 0 Å². The summed E-state index contributed by atoms with van der Waals surface area (Å²) in [5.74, 6) is 6.12. The van der Waals surface area contributed by atoms with Crippen molar-refractivity contribution < 1.29 is 19.9 Å². The Bertz CT molecular complexity index is 1440. The van der Waals surface area contributed by atoms with Gasteiger partial charge in [0.25, 0.3) is 0 Å². The number of nitrogens with one attached hydrogen (secondary N) is 2. The Balaban J connectivity index is 0.000000224. The van der Waals surface area contributed by atoms with Crippen molar-refractivity contribution in [2.24, 2.45) is 5.84 Å². The van der Waals surface area contributed by atoms with Gasteiger partial charge in [-0.1, -0.05) is 98.8 Å². The number of carbonyl (C=O) groups excluding carboxylic acids is 1.